The largest absolute Gasteiger partial charge is 0.384 e. The number of aromatic nitrogens is 1. The molecular weight excluding hydrogens is 216 g/mol. The van der Waals surface area contributed by atoms with Gasteiger partial charge in [-0.3, -0.25) is 9.69 Å². The zero-order chi connectivity index (χ0) is 12.8. The molecular formula is C12H20N4O. The van der Waals surface area contributed by atoms with Crippen molar-refractivity contribution in [1.29, 1.82) is 0 Å². The Balaban J connectivity index is 2.41. The summed E-state index contributed by atoms with van der Waals surface area (Å²) in [6, 6.07) is 3.85. The smallest absolute Gasteiger partial charge is 0.234 e. The highest BCUT2D eigenvalue weighted by atomic mass is 16.2. The zero-order valence-corrected chi connectivity index (χ0v) is 10.6. The molecule has 17 heavy (non-hydrogen) atoms. The number of nitrogens with two attached hydrogens (primary N) is 1. The summed E-state index contributed by atoms with van der Waals surface area (Å²) in [5.41, 5.74) is 6.54. The number of nitrogens with one attached hydrogen (secondary N) is 1. The summed E-state index contributed by atoms with van der Waals surface area (Å²) in [5, 5.41) is 2.85. The minimum atomic E-state index is 0.0332. The van der Waals surface area contributed by atoms with Gasteiger partial charge in [0, 0.05) is 18.8 Å². The maximum absolute atomic E-state index is 11.5. The number of amides is 1. The van der Waals surface area contributed by atoms with Crippen LogP contribution in [-0.4, -0.2) is 35.4 Å². The van der Waals surface area contributed by atoms with E-state index < -0.39 is 0 Å². The van der Waals surface area contributed by atoms with Crippen LogP contribution in [0.1, 0.15) is 19.4 Å². The van der Waals surface area contributed by atoms with Crippen molar-refractivity contribution >= 4 is 11.7 Å². The van der Waals surface area contributed by atoms with Crippen LogP contribution in [0.15, 0.2) is 18.3 Å². The molecule has 1 heterocycles. The van der Waals surface area contributed by atoms with Crippen molar-refractivity contribution in [2.45, 2.75) is 26.4 Å². The lowest BCUT2D eigenvalue weighted by Crippen LogP contribution is -2.38. The third kappa shape index (κ3) is 5.31. The van der Waals surface area contributed by atoms with Crippen molar-refractivity contribution in [1.82, 2.24) is 15.2 Å². The van der Waals surface area contributed by atoms with E-state index in [9.17, 15) is 4.79 Å². The Bertz CT molecular complexity index is 361. The fourth-order valence-electron chi connectivity index (χ4n) is 1.51. The van der Waals surface area contributed by atoms with Crippen molar-refractivity contribution in [3.63, 3.8) is 0 Å². The lowest BCUT2D eigenvalue weighted by molar-refractivity contribution is -0.122. The van der Waals surface area contributed by atoms with Crippen LogP contribution in [0.2, 0.25) is 0 Å². The lowest BCUT2D eigenvalue weighted by atomic mass is 10.2. The molecule has 0 saturated carbocycles. The van der Waals surface area contributed by atoms with Gasteiger partial charge in [-0.1, -0.05) is 6.07 Å². The first-order chi connectivity index (χ1) is 7.97. The van der Waals surface area contributed by atoms with Crippen molar-refractivity contribution < 1.29 is 4.79 Å². The minimum absolute atomic E-state index is 0.0332. The second-order valence-electron chi connectivity index (χ2n) is 4.49. The number of hydrogen-bond donors (Lipinski definition) is 2. The van der Waals surface area contributed by atoms with Crippen LogP contribution in [0.5, 0.6) is 0 Å². The Labute approximate surface area is 102 Å². The summed E-state index contributed by atoms with van der Waals surface area (Å²) < 4.78 is 0. The van der Waals surface area contributed by atoms with Gasteiger partial charge in [0.15, 0.2) is 0 Å². The molecule has 0 aliphatic carbocycles. The SMILES string of the molecule is CC(C)NC(=O)CN(C)Cc1ccc(N)nc1. The number of rotatable bonds is 5. The number of carbonyl (C=O) groups is 1. The van der Waals surface area contributed by atoms with Crippen LogP contribution in [-0.2, 0) is 11.3 Å². The lowest BCUT2D eigenvalue weighted by Gasteiger charge is -2.17. The average molecular weight is 236 g/mol. The Kier molecular flexibility index (Phi) is 4.90. The normalized spacial score (nSPS) is 10.9. The van der Waals surface area contributed by atoms with Crippen LogP contribution in [0.4, 0.5) is 5.82 Å². The molecule has 0 fully saturated rings. The van der Waals surface area contributed by atoms with Crippen molar-refractivity contribution in [3.05, 3.63) is 23.9 Å². The van der Waals surface area contributed by atoms with Gasteiger partial charge in [-0.2, -0.15) is 0 Å². The van der Waals surface area contributed by atoms with Gasteiger partial charge in [-0.05, 0) is 32.5 Å². The highest BCUT2D eigenvalue weighted by molar-refractivity contribution is 5.78. The third-order valence-corrected chi connectivity index (χ3v) is 2.16. The molecule has 0 bridgehead atoms. The first-order valence-electron chi connectivity index (χ1n) is 5.65. The van der Waals surface area contributed by atoms with E-state index in [0.29, 0.717) is 18.9 Å². The summed E-state index contributed by atoms with van der Waals surface area (Å²) in [6.07, 6.45) is 1.73. The molecule has 94 valence electrons. The van der Waals surface area contributed by atoms with Crippen LogP contribution < -0.4 is 11.1 Å². The molecule has 3 N–H and O–H groups in total. The van der Waals surface area contributed by atoms with Gasteiger partial charge >= 0.3 is 0 Å². The Morgan fingerprint density at radius 3 is 2.76 bits per heavy atom. The molecule has 5 nitrogen and oxygen atoms in total. The molecule has 5 heteroatoms. The monoisotopic (exact) mass is 236 g/mol. The predicted octanol–water partition coefficient (Wildman–Crippen LogP) is 0.620. The van der Waals surface area contributed by atoms with Crippen LogP contribution >= 0.6 is 0 Å². The van der Waals surface area contributed by atoms with E-state index in [2.05, 4.69) is 10.3 Å². The molecule has 1 aromatic rings. The third-order valence-electron chi connectivity index (χ3n) is 2.16. The zero-order valence-electron chi connectivity index (χ0n) is 10.6. The quantitative estimate of drug-likeness (QED) is 0.786. The fraction of sp³-hybridized carbons (Fsp3) is 0.500. The first kappa shape index (κ1) is 13.4. The molecule has 1 aromatic heterocycles. The van der Waals surface area contributed by atoms with Crippen LogP contribution in [0.3, 0.4) is 0 Å². The second kappa shape index (κ2) is 6.20. The number of carbonyl (C=O) groups excluding carboxylic acids is 1. The number of nitrogens with zero attached hydrogens (tertiary/aromatic N) is 2. The van der Waals surface area contributed by atoms with E-state index in [1.165, 1.54) is 0 Å². The summed E-state index contributed by atoms with van der Waals surface area (Å²) in [6.45, 7) is 4.95. The summed E-state index contributed by atoms with van der Waals surface area (Å²) in [4.78, 5) is 17.5. The van der Waals surface area contributed by atoms with E-state index in [0.717, 1.165) is 5.56 Å². The highest BCUT2D eigenvalue weighted by Gasteiger charge is 2.08. The summed E-state index contributed by atoms with van der Waals surface area (Å²) >= 11 is 0. The Morgan fingerprint density at radius 2 is 2.24 bits per heavy atom. The standard InChI is InChI=1S/C12H20N4O/c1-9(2)15-12(17)8-16(3)7-10-4-5-11(13)14-6-10/h4-6,9H,7-8H2,1-3H3,(H2,13,14)(H,15,17). The van der Waals surface area contributed by atoms with Gasteiger partial charge in [0.25, 0.3) is 0 Å². The van der Waals surface area contributed by atoms with Crippen LogP contribution in [0.25, 0.3) is 0 Å². The molecule has 0 radical (unpaired) electrons. The fourth-order valence-corrected chi connectivity index (χ4v) is 1.51. The predicted molar refractivity (Wildman–Crippen MR) is 68.3 cm³/mol. The molecule has 0 saturated heterocycles. The van der Waals surface area contributed by atoms with Crippen molar-refractivity contribution in [3.8, 4) is 0 Å². The van der Waals surface area contributed by atoms with E-state index in [4.69, 9.17) is 5.73 Å². The van der Waals surface area contributed by atoms with Gasteiger partial charge in [-0.25, -0.2) is 4.98 Å². The van der Waals surface area contributed by atoms with Gasteiger partial charge in [0.2, 0.25) is 5.91 Å². The maximum atomic E-state index is 11.5. The van der Waals surface area contributed by atoms with E-state index in [1.807, 2.05) is 31.9 Å². The van der Waals surface area contributed by atoms with Crippen molar-refractivity contribution in [2.75, 3.05) is 19.3 Å². The number of anilines is 1. The summed E-state index contributed by atoms with van der Waals surface area (Å²) in [5.74, 6) is 0.542. The average Bonchev–Trinajstić information content (AvgIpc) is 2.19. The van der Waals surface area contributed by atoms with E-state index >= 15 is 0 Å². The van der Waals surface area contributed by atoms with Crippen LogP contribution in [0, 0.1) is 0 Å². The molecule has 0 unspecified atom stereocenters. The molecule has 0 aliphatic heterocycles. The number of pyridine rings is 1. The van der Waals surface area contributed by atoms with Gasteiger partial charge in [0.1, 0.15) is 5.82 Å². The minimum Gasteiger partial charge on any atom is -0.384 e. The van der Waals surface area contributed by atoms with Gasteiger partial charge in [-0.15, -0.1) is 0 Å². The molecule has 0 atom stereocenters. The number of likely N-dealkylation sites (N-methyl/N-ethyl adjacent to an activating group) is 1. The van der Waals surface area contributed by atoms with Gasteiger partial charge < -0.3 is 11.1 Å². The Morgan fingerprint density at radius 1 is 1.53 bits per heavy atom. The number of hydrogen-bond acceptors (Lipinski definition) is 4. The highest BCUT2D eigenvalue weighted by Crippen LogP contribution is 2.03. The topological polar surface area (TPSA) is 71.2 Å². The van der Waals surface area contributed by atoms with E-state index in [1.54, 1.807) is 12.3 Å². The number of nitrogen functional groups attached to an aromatic ring is 1. The van der Waals surface area contributed by atoms with Crippen molar-refractivity contribution in [2.24, 2.45) is 0 Å². The maximum Gasteiger partial charge on any atom is 0.234 e. The molecule has 1 rings (SSSR count). The van der Waals surface area contributed by atoms with E-state index in [-0.39, 0.29) is 11.9 Å². The summed E-state index contributed by atoms with van der Waals surface area (Å²) in [7, 11) is 1.90. The molecule has 0 spiro atoms. The second-order valence-corrected chi connectivity index (χ2v) is 4.49. The molecule has 0 aromatic carbocycles. The molecule has 1 amide bonds. The van der Waals surface area contributed by atoms with Gasteiger partial charge in [0.05, 0.1) is 6.54 Å². The Hall–Kier alpha value is -1.62. The molecule has 0 aliphatic rings. The first-order valence-corrected chi connectivity index (χ1v) is 5.65.